The van der Waals surface area contributed by atoms with Crippen molar-refractivity contribution in [1.82, 2.24) is 10.2 Å². The molecule has 0 spiro atoms. The number of carbonyl (C=O) groups excluding carboxylic acids is 1. The quantitative estimate of drug-likeness (QED) is 0.862. The molecule has 0 radical (unpaired) electrons. The van der Waals surface area contributed by atoms with E-state index >= 15 is 0 Å². The van der Waals surface area contributed by atoms with E-state index in [1.165, 1.54) is 19.3 Å². The Hall–Kier alpha value is -1.40. The summed E-state index contributed by atoms with van der Waals surface area (Å²) in [6.45, 7) is 4.05. The van der Waals surface area contributed by atoms with Gasteiger partial charge >= 0.3 is 0 Å². The van der Waals surface area contributed by atoms with Gasteiger partial charge in [-0.25, -0.2) is 0 Å². The molecule has 3 atom stereocenters. The summed E-state index contributed by atoms with van der Waals surface area (Å²) in [5, 5.41) is 3.26. The van der Waals surface area contributed by atoms with Crippen LogP contribution in [-0.4, -0.2) is 52.0 Å². The van der Waals surface area contributed by atoms with E-state index in [1.807, 2.05) is 19.9 Å². The minimum Gasteiger partial charge on any atom is -0.486 e. The molecule has 6 heteroatoms. The van der Waals surface area contributed by atoms with Crippen molar-refractivity contribution in [3.8, 4) is 5.75 Å². The predicted octanol–water partition coefficient (Wildman–Crippen LogP) is 2.88. The Morgan fingerprint density at radius 3 is 2.56 bits per heavy atom. The van der Waals surface area contributed by atoms with E-state index in [9.17, 15) is 9.00 Å². The Balaban J connectivity index is 1.58. The first-order valence-electron chi connectivity index (χ1n) is 9.95. The van der Waals surface area contributed by atoms with E-state index in [1.54, 1.807) is 12.3 Å². The van der Waals surface area contributed by atoms with Crippen LogP contribution in [0.25, 0.3) is 0 Å². The van der Waals surface area contributed by atoms with Gasteiger partial charge in [0.25, 0.3) is 5.91 Å². The summed E-state index contributed by atoms with van der Waals surface area (Å²) < 4.78 is 18.2. The molecular weight excluding hydrogens is 360 g/mol. The number of nitrogens with zero attached hydrogens (tertiary/aromatic N) is 1. The molecule has 4 rings (SSSR count). The van der Waals surface area contributed by atoms with Crippen molar-refractivity contribution in [2.75, 3.05) is 13.3 Å². The van der Waals surface area contributed by atoms with Gasteiger partial charge in [-0.15, -0.1) is 0 Å². The average molecular weight is 391 g/mol. The van der Waals surface area contributed by atoms with Crippen molar-refractivity contribution in [2.24, 2.45) is 0 Å². The van der Waals surface area contributed by atoms with Crippen LogP contribution in [0.3, 0.4) is 0 Å². The van der Waals surface area contributed by atoms with Crippen LogP contribution in [0.1, 0.15) is 61.9 Å². The van der Waals surface area contributed by atoms with Crippen LogP contribution in [0.15, 0.2) is 17.0 Å². The minimum absolute atomic E-state index is 0.0936. The molecule has 2 bridgehead atoms. The summed E-state index contributed by atoms with van der Waals surface area (Å²) in [4.78, 5) is 16.3. The maximum absolute atomic E-state index is 13.2. The SMILES string of the molecule is CN1C2CCCC1CC(NC(=O)c1cc(S(C)=O)cc3c1OC(C)(C)C3)C2. The third-order valence-electron chi connectivity index (χ3n) is 6.39. The normalized spacial score (nSPS) is 30.3. The Morgan fingerprint density at radius 1 is 1.26 bits per heavy atom. The maximum atomic E-state index is 13.2. The van der Waals surface area contributed by atoms with Crippen LogP contribution in [-0.2, 0) is 17.2 Å². The number of fused-ring (bicyclic) bond motifs is 3. The van der Waals surface area contributed by atoms with Crippen molar-refractivity contribution in [3.05, 3.63) is 23.3 Å². The van der Waals surface area contributed by atoms with Gasteiger partial charge in [0.1, 0.15) is 11.4 Å². The molecule has 3 heterocycles. The first-order chi connectivity index (χ1) is 12.7. The van der Waals surface area contributed by atoms with E-state index in [4.69, 9.17) is 4.74 Å². The maximum Gasteiger partial charge on any atom is 0.255 e. The summed E-state index contributed by atoms with van der Waals surface area (Å²) in [6.07, 6.45) is 8.13. The minimum atomic E-state index is -1.13. The number of nitrogens with one attached hydrogen (secondary N) is 1. The fourth-order valence-corrected chi connectivity index (χ4v) is 5.61. The zero-order valence-electron chi connectivity index (χ0n) is 16.7. The summed E-state index contributed by atoms with van der Waals surface area (Å²) in [6, 6.07) is 5.01. The number of amides is 1. The predicted molar refractivity (Wildman–Crippen MR) is 107 cm³/mol. The summed E-state index contributed by atoms with van der Waals surface area (Å²) in [7, 11) is 1.09. The summed E-state index contributed by atoms with van der Waals surface area (Å²) in [5.74, 6) is 0.573. The summed E-state index contributed by atoms with van der Waals surface area (Å²) in [5.41, 5.74) is 1.18. The molecule has 1 aromatic carbocycles. The van der Waals surface area contributed by atoms with E-state index in [0.29, 0.717) is 28.3 Å². The van der Waals surface area contributed by atoms with Gasteiger partial charge in [-0.1, -0.05) is 6.42 Å². The molecule has 2 saturated heterocycles. The Morgan fingerprint density at radius 2 is 1.93 bits per heavy atom. The Kier molecular flexibility index (Phi) is 4.83. The van der Waals surface area contributed by atoms with Gasteiger partial charge in [0, 0.05) is 52.1 Å². The fourth-order valence-electron chi connectivity index (χ4n) is 5.01. The van der Waals surface area contributed by atoms with Gasteiger partial charge in [0.05, 0.1) is 5.56 Å². The third kappa shape index (κ3) is 3.66. The molecule has 0 saturated carbocycles. The van der Waals surface area contributed by atoms with E-state index in [0.717, 1.165) is 24.8 Å². The van der Waals surface area contributed by atoms with Gasteiger partial charge in [-0.2, -0.15) is 0 Å². The van der Waals surface area contributed by atoms with E-state index in [-0.39, 0.29) is 17.6 Å². The van der Waals surface area contributed by atoms with Crippen molar-refractivity contribution in [3.63, 3.8) is 0 Å². The van der Waals surface area contributed by atoms with Crippen molar-refractivity contribution in [1.29, 1.82) is 0 Å². The Labute approximate surface area is 164 Å². The number of ether oxygens (including phenoxy) is 1. The first kappa shape index (κ1) is 18.9. The molecule has 148 valence electrons. The highest BCUT2D eigenvalue weighted by molar-refractivity contribution is 7.84. The summed E-state index contributed by atoms with van der Waals surface area (Å²) >= 11 is 0. The lowest BCUT2D eigenvalue weighted by Crippen LogP contribution is -2.55. The molecule has 1 N–H and O–H groups in total. The van der Waals surface area contributed by atoms with Crippen molar-refractivity contribution >= 4 is 16.7 Å². The topological polar surface area (TPSA) is 58.6 Å². The van der Waals surface area contributed by atoms with Gasteiger partial charge in [-0.05, 0) is 58.7 Å². The van der Waals surface area contributed by atoms with Crippen LogP contribution in [0.4, 0.5) is 0 Å². The number of carbonyl (C=O) groups is 1. The van der Waals surface area contributed by atoms with Crippen LogP contribution in [0, 0.1) is 0 Å². The largest absolute Gasteiger partial charge is 0.486 e. The smallest absolute Gasteiger partial charge is 0.255 e. The van der Waals surface area contributed by atoms with Gasteiger partial charge in [-0.3, -0.25) is 9.00 Å². The number of hydrogen-bond acceptors (Lipinski definition) is 4. The standard InChI is InChI=1S/C21H30N2O3S/c1-21(2)12-13-8-17(27(4)25)11-18(19(13)26-21)20(24)22-14-9-15-6-5-7-16(10-14)23(15)3/h8,11,14-16H,5-7,9-10,12H2,1-4H3,(H,22,24). The van der Waals surface area contributed by atoms with E-state index in [2.05, 4.69) is 17.3 Å². The molecular formula is C21H30N2O3S. The number of rotatable bonds is 3. The second-order valence-electron chi connectivity index (χ2n) is 9.00. The average Bonchev–Trinajstić information content (AvgIpc) is 2.88. The first-order valence-corrected chi connectivity index (χ1v) is 11.5. The van der Waals surface area contributed by atoms with Crippen LogP contribution in [0.5, 0.6) is 5.75 Å². The fraction of sp³-hybridized carbons (Fsp3) is 0.667. The lowest BCUT2D eigenvalue weighted by atomic mass is 9.82. The molecule has 3 unspecified atom stereocenters. The highest BCUT2D eigenvalue weighted by atomic mass is 32.2. The molecule has 3 aliphatic heterocycles. The molecule has 1 aromatic rings. The molecule has 0 aromatic heterocycles. The van der Waals surface area contributed by atoms with Gasteiger partial charge in [0.2, 0.25) is 0 Å². The lowest BCUT2D eigenvalue weighted by Gasteiger charge is -2.47. The third-order valence-corrected chi connectivity index (χ3v) is 7.29. The molecule has 0 aliphatic carbocycles. The molecule has 1 amide bonds. The highest BCUT2D eigenvalue weighted by Crippen LogP contribution is 2.39. The van der Waals surface area contributed by atoms with Gasteiger partial charge < -0.3 is 15.0 Å². The molecule has 2 fully saturated rings. The molecule has 27 heavy (non-hydrogen) atoms. The van der Waals surface area contributed by atoms with Crippen molar-refractivity contribution in [2.45, 2.75) is 81.0 Å². The van der Waals surface area contributed by atoms with Crippen LogP contribution < -0.4 is 10.1 Å². The van der Waals surface area contributed by atoms with Gasteiger partial charge in [0.15, 0.2) is 0 Å². The zero-order valence-corrected chi connectivity index (χ0v) is 17.5. The Bertz CT molecular complexity index is 778. The van der Waals surface area contributed by atoms with E-state index < -0.39 is 10.8 Å². The molecule has 5 nitrogen and oxygen atoms in total. The monoisotopic (exact) mass is 390 g/mol. The number of piperidine rings is 2. The van der Waals surface area contributed by atoms with Crippen molar-refractivity contribution < 1.29 is 13.7 Å². The van der Waals surface area contributed by atoms with Crippen LogP contribution >= 0.6 is 0 Å². The van der Waals surface area contributed by atoms with Crippen LogP contribution in [0.2, 0.25) is 0 Å². The highest BCUT2D eigenvalue weighted by Gasteiger charge is 2.38. The molecule has 3 aliphatic rings. The lowest BCUT2D eigenvalue weighted by molar-refractivity contribution is 0.0461. The number of benzene rings is 1. The second kappa shape index (κ2) is 6.89. The second-order valence-corrected chi connectivity index (χ2v) is 10.4. The zero-order chi connectivity index (χ0) is 19.3. The number of hydrogen-bond donors (Lipinski definition) is 1.